The SMILES string of the molecule is CCCNC(=O)COc1ccc(Cl)cc1CNc1ncnc2c1ncn2[C@@H]1O[C@H](C(=O)NC)[C@@H](N=[N+]=[N-])[C@H]1O. The van der Waals surface area contributed by atoms with Crippen molar-refractivity contribution in [2.45, 2.75) is 44.4 Å². The molecule has 4 N–H and O–H groups in total. The Labute approximate surface area is 227 Å². The quantitative estimate of drug-likeness (QED) is 0.153. The summed E-state index contributed by atoms with van der Waals surface area (Å²) in [5, 5.41) is 23.2. The number of likely N-dealkylation sites (N-methyl/N-ethyl adjacent to an activating group) is 1. The summed E-state index contributed by atoms with van der Waals surface area (Å²) in [6.45, 7) is 2.61. The number of aliphatic hydroxyl groups excluding tert-OH is 1. The Kier molecular flexibility index (Phi) is 8.99. The Bertz CT molecular complexity index is 1390. The van der Waals surface area contributed by atoms with Gasteiger partial charge in [-0.1, -0.05) is 23.6 Å². The van der Waals surface area contributed by atoms with E-state index in [1.54, 1.807) is 18.2 Å². The average Bonchev–Trinajstić information content (AvgIpc) is 3.51. The number of fused-ring (bicyclic) bond motifs is 1. The molecule has 3 heterocycles. The number of benzene rings is 1. The van der Waals surface area contributed by atoms with Crippen LogP contribution in [0.4, 0.5) is 5.82 Å². The number of anilines is 1. The Morgan fingerprint density at radius 2 is 2.15 bits per heavy atom. The summed E-state index contributed by atoms with van der Waals surface area (Å²) >= 11 is 6.19. The number of azide groups is 1. The second-order valence-corrected chi connectivity index (χ2v) is 8.97. The number of hydrogen-bond donors (Lipinski definition) is 4. The molecule has 4 atom stereocenters. The van der Waals surface area contributed by atoms with Gasteiger partial charge >= 0.3 is 0 Å². The summed E-state index contributed by atoms with van der Waals surface area (Å²) in [5.41, 5.74) is 10.3. The highest BCUT2D eigenvalue weighted by atomic mass is 35.5. The monoisotopic (exact) mass is 558 g/mol. The normalized spacial score (nSPS) is 20.3. The van der Waals surface area contributed by atoms with Crippen molar-refractivity contribution >= 4 is 40.4 Å². The zero-order valence-corrected chi connectivity index (χ0v) is 21.9. The summed E-state index contributed by atoms with van der Waals surface area (Å²) in [6.07, 6.45) is -0.123. The molecule has 0 aliphatic carbocycles. The van der Waals surface area contributed by atoms with Gasteiger partial charge in [0, 0.05) is 35.6 Å². The minimum absolute atomic E-state index is 0.144. The molecule has 1 aliphatic rings. The fourth-order valence-corrected chi connectivity index (χ4v) is 4.26. The molecule has 3 aromatic rings. The lowest BCUT2D eigenvalue weighted by atomic mass is 10.1. The van der Waals surface area contributed by atoms with Crippen molar-refractivity contribution in [2.75, 3.05) is 25.5 Å². The van der Waals surface area contributed by atoms with Gasteiger partial charge in [0.2, 0.25) is 5.91 Å². The van der Waals surface area contributed by atoms with Crippen molar-refractivity contribution in [1.29, 1.82) is 0 Å². The van der Waals surface area contributed by atoms with Gasteiger partial charge in [-0.15, -0.1) is 0 Å². The van der Waals surface area contributed by atoms with Gasteiger partial charge in [-0.2, -0.15) is 0 Å². The first-order valence-electron chi connectivity index (χ1n) is 12.1. The van der Waals surface area contributed by atoms with E-state index in [0.29, 0.717) is 39.9 Å². The zero-order valence-electron chi connectivity index (χ0n) is 21.1. The molecule has 206 valence electrons. The van der Waals surface area contributed by atoms with Crippen molar-refractivity contribution in [3.63, 3.8) is 0 Å². The van der Waals surface area contributed by atoms with E-state index in [1.165, 1.54) is 24.3 Å². The molecule has 39 heavy (non-hydrogen) atoms. The van der Waals surface area contributed by atoms with Crippen LogP contribution in [0.15, 0.2) is 36.0 Å². The van der Waals surface area contributed by atoms with Crippen LogP contribution in [0.2, 0.25) is 5.02 Å². The van der Waals surface area contributed by atoms with Crippen LogP contribution < -0.4 is 20.7 Å². The Morgan fingerprint density at radius 1 is 1.33 bits per heavy atom. The topological polar surface area (TPSA) is 201 Å². The fourth-order valence-electron chi connectivity index (χ4n) is 4.07. The number of nitrogens with one attached hydrogen (secondary N) is 3. The summed E-state index contributed by atoms with van der Waals surface area (Å²) in [4.78, 5) is 39.9. The van der Waals surface area contributed by atoms with Gasteiger partial charge in [-0.05, 0) is 30.2 Å². The van der Waals surface area contributed by atoms with E-state index in [-0.39, 0.29) is 19.1 Å². The standard InChI is InChI=1S/C23H27ClN10O5/c1-3-6-27-15(35)9-38-14-5-4-13(24)7-12(14)8-28-20-17-21(30-10-29-20)34(11-31-17)23-18(36)16(32-33-25)19(39-23)22(37)26-2/h4-5,7,10-11,16,18-19,23,36H,3,6,8-9H2,1-2H3,(H,26,37)(H,27,35)(H,28,29,30)/t16-,18+,19-,23+/m0/s1. The maximum absolute atomic E-state index is 12.2. The number of aliphatic hydroxyl groups is 1. The molecule has 0 radical (unpaired) electrons. The number of carbonyl (C=O) groups is 2. The van der Waals surface area contributed by atoms with E-state index in [2.05, 4.69) is 40.9 Å². The van der Waals surface area contributed by atoms with Crippen LogP contribution in [-0.2, 0) is 20.9 Å². The number of carbonyl (C=O) groups excluding carboxylic acids is 2. The number of rotatable bonds is 11. The highest BCUT2D eigenvalue weighted by Gasteiger charge is 2.48. The van der Waals surface area contributed by atoms with E-state index in [0.717, 1.165) is 6.42 Å². The van der Waals surface area contributed by atoms with Gasteiger partial charge in [0.25, 0.3) is 5.91 Å². The van der Waals surface area contributed by atoms with Gasteiger partial charge < -0.3 is 30.5 Å². The number of imidazole rings is 1. The van der Waals surface area contributed by atoms with E-state index in [1.807, 2.05) is 6.92 Å². The molecule has 1 saturated heterocycles. The van der Waals surface area contributed by atoms with Crippen molar-refractivity contribution in [1.82, 2.24) is 30.2 Å². The molecule has 1 aromatic carbocycles. The molecule has 16 heteroatoms. The van der Waals surface area contributed by atoms with Gasteiger partial charge in [0.15, 0.2) is 29.8 Å². The molecule has 2 amide bonds. The number of nitrogens with zero attached hydrogens (tertiary/aromatic N) is 7. The first-order chi connectivity index (χ1) is 18.9. The predicted molar refractivity (Wildman–Crippen MR) is 140 cm³/mol. The van der Waals surface area contributed by atoms with Crippen LogP contribution in [0, 0.1) is 0 Å². The molecule has 0 unspecified atom stereocenters. The minimum Gasteiger partial charge on any atom is -0.483 e. The smallest absolute Gasteiger partial charge is 0.257 e. The maximum Gasteiger partial charge on any atom is 0.257 e. The van der Waals surface area contributed by atoms with Crippen LogP contribution >= 0.6 is 11.6 Å². The summed E-state index contributed by atoms with van der Waals surface area (Å²) < 4.78 is 12.9. The van der Waals surface area contributed by atoms with E-state index in [9.17, 15) is 14.7 Å². The first kappa shape index (κ1) is 27.9. The van der Waals surface area contributed by atoms with Crippen LogP contribution in [0.1, 0.15) is 25.1 Å². The number of hydrogen-bond acceptors (Lipinski definition) is 10. The molecule has 0 spiro atoms. The van der Waals surface area contributed by atoms with Gasteiger partial charge in [-0.25, -0.2) is 15.0 Å². The molecule has 4 rings (SSSR count). The lowest BCUT2D eigenvalue weighted by molar-refractivity contribution is -0.134. The van der Waals surface area contributed by atoms with E-state index < -0.39 is 30.4 Å². The van der Waals surface area contributed by atoms with Crippen LogP contribution in [0.3, 0.4) is 0 Å². The third-order valence-corrected chi connectivity index (χ3v) is 6.20. The van der Waals surface area contributed by atoms with E-state index in [4.69, 9.17) is 26.6 Å². The van der Waals surface area contributed by atoms with Crippen LogP contribution in [-0.4, -0.2) is 74.9 Å². The number of halogens is 1. The molecule has 0 saturated carbocycles. The molecular weight excluding hydrogens is 532 g/mol. The molecule has 1 fully saturated rings. The Morgan fingerprint density at radius 3 is 2.90 bits per heavy atom. The summed E-state index contributed by atoms with van der Waals surface area (Å²) in [5.74, 6) is 0.0673. The number of amides is 2. The summed E-state index contributed by atoms with van der Waals surface area (Å²) in [6, 6.07) is 3.90. The largest absolute Gasteiger partial charge is 0.483 e. The van der Waals surface area contributed by atoms with Crippen molar-refractivity contribution in [3.8, 4) is 5.75 Å². The second-order valence-electron chi connectivity index (χ2n) is 8.54. The Hall–Kier alpha value is -4.17. The lowest BCUT2D eigenvalue weighted by Crippen LogP contribution is -2.40. The van der Waals surface area contributed by atoms with Gasteiger partial charge in [0.05, 0.1) is 6.33 Å². The zero-order chi connectivity index (χ0) is 27.9. The van der Waals surface area contributed by atoms with Crippen molar-refractivity contribution < 1.29 is 24.2 Å². The van der Waals surface area contributed by atoms with Crippen molar-refractivity contribution in [2.24, 2.45) is 5.11 Å². The third-order valence-electron chi connectivity index (χ3n) is 5.96. The lowest BCUT2D eigenvalue weighted by Gasteiger charge is -2.17. The maximum atomic E-state index is 12.2. The first-order valence-corrected chi connectivity index (χ1v) is 12.4. The van der Waals surface area contributed by atoms with Gasteiger partial charge in [-0.3, -0.25) is 14.2 Å². The predicted octanol–water partition coefficient (Wildman–Crippen LogP) is 1.68. The van der Waals surface area contributed by atoms with Crippen molar-refractivity contribution in [3.05, 3.63) is 51.9 Å². The number of ether oxygens (including phenoxy) is 2. The highest BCUT2D eigenvalue weighted by Crippen LogP contribution is 2.34. The fraction of sp³-hybridized carbons (Fsp3) is 0.435. The third kappa shape index (κ3) is 6.12. The van der Waals surface area contributed by atoms with Crippen LogP contribution in [0.5, 0.6) is 5.75 Å². The average molecular weight is 559 g/mol. The van der Waals surface area contributed by atoms with Gasteiger partial charge in [0.1, 0.15) is 30.3 Å². The molecular formula is C23H27ClN10O5. The second kappa shape index (κ2) is 12.6. The number of aromatic nitrogens is 4. The highest BCUT2D eigenvalue weighted by molar-refractivity contribution is 6.30. The molecule has 0 bridgehead atoms. The molecule has 1 aliphatic heterocycles. The molecule has 2 aromatic heterocycles. The molecule has 15 nitrogen and oxygen atoms in total. The summed E-state index contributed by atoms with van der Waals surface area (Å²) in [7, 11) is 1.41. The Balaban J connectivity index is 1.54. The minimum atomic E-state index is -1.34. The van der Waals surface area contributed by atoms with E-state index >= 15 is 0 Å². The van der Waals surface area contributed by atoms with Crippen LogP contribution in [0.25, 0.3) is 21.6 Å².